The van der Waals surface area contributed by atoms with Crippen molar-refractivity contribution < 1.29 is 4.79 Å². The van der Waals surface area contributed by atoms with E-state index in [9.17, 15) is 4.79 Å². The first-order valence-corrected chi connectivity index (χ1v) is 4.18. The van der Waals surface area contributed by atoms with Crippen LogP contribution in [0.4, 0.5) is 0 Å². The fraction of sp³-hybridized carbons (Fsp3) is 0.700. The molecule has 1 unspecified atom stereocenters. The van der Waals surface area contributed by atoms with E-state index >= 15 is 0 Å². The summed E-state index contributed by atoms with van der Waals surface area (Å²) in [7, 11) is 0. The number of Topliss-reactive ketones (excluding diaryl/α,β-unsaturated/α-hetero) is 1. The van der Waals surface area contributed by atoms with Crippen LogP contribution in [0.15, 0.2) is 0 Å². The van der Waals surface area contributed by atoms with Crippen LogP contribution in [0.1, 0.15) is 39.5 Å². The van der Waals surface area contributed by atoms with Crippen LogP contribution in [0.2, 0.25) is 0 Å². The zero-order chi connectivity index (χ0) is 8.69. The van der Waals surface area contributed by atoms with Crippen molar-refractivity contribution in [3.63, 3.8) is 0 Å². The molecule has 1 atom stereocenters. The van der Waals surface area contributed by atoms with Crippen molar-refractivity contribution in [3.8, 4) is 12.3 Å². The molecular formula is C10H16O. The largest absolute Gasteiger partial charge is 0.299 e. The molecule has 0 rings (SSSR count). The third kappa shape index (κ3) is 4.61. The molecule has 0 aromatic rings. The molecule has 0 aliphatic carbocycles. The lowest BCUT2D eigenvalue weighted by atomic mass is 9.99. The zero-order valence-electron chi connectivity index (χ0n) is 7.39. The Kier molecular flexibility index (Phi) is 5.56. The van der Waals surface area contributed by atoms with Crippen molar-refractivity contribution in [1.29, 1.82) is 0 Å². The van der Waals surface area contributed by atoms with Crippen molar-refractivity contribution in [3.05, 3.63) is 0 Å². The van der Waals surface area contributed by atoms with Gasteiger partial charge in [0.2, 0.25) is 0 Å². The number of unbranched alkanes of at least 4 members (excludes halogenated alkanes) is 1. The summed E-state index contributed by atoms with van der Waals surface area (Å²) in [6, 6.07) is 0. The fourth-order valence-corrected chi connectivity index (χ4v) is 0.888. The molecule has 0 fully saturated rings. The van der Waals surface area contributed by atoms with E-state index in [0.717, 1.165) is 12.8 Å². The minimum absolute atomic E-state index is 0.0616. The number of carbonyl (C=O) groups excluding carboxylic acids is 1. The van der Waals surface area contributed by atoms with Crippen LogP contribution in [-0.4, -0.2) is 5.78 Å². The summed E-state index contributed by atoms with van der Waals surface area (Å²) in [6.07, 6.45) is 8.45. The number of carbonyl (C=O) groups is 1. The fourth-order valence-electron chi connectivity index (χ4n) is 0.888. The Morgan fingerprint density at radius 1 is 1.64 bits per heavy atom. The van der Waals surface area contributed by atoms with Crippen molar-refractivity contribution in [2.75, 3.05) is 0 Å². The summed E-state index contributed by atoms with van der Waals surface area (Å²) in [4.78, 5) is 11.2. The van der Waals surface area contributed by atoms with E-state index in [-0.39, 0.29) is 5.92 Å². The van der Waals surface area contributed by atoms with Crippen LogP contribution in [-0.2, 0) is 4.79 Å². The lowest BCUT2D eigenvalue weighted by molar-refractivity contribution is -0.122. The van der Waals surface area contributed by atoms with Gasteiger partial charge in [-0.2, -0.15) is 0 Å². The highest BCUT2D eigenvalue weighted by atomic mass is 16.1. The van der Waals surface area contributed by atoms with E-state index in [4.69, 9.17) is 6.42 Å². The van der Waals surface area contributed by atoms with E-state index < -0.39 is 0 Å². The SMILES string of the molecule is C#CCC(C)C(=O)CCCC. The highest BCUT2D eigenvalue weighted by Crippen LogP contribution is 2.07. The average Bonchev–Trinajstić information content (AvgIpc) is 2.00. The summed E-state index contributed by atoms with van der Waals surface area (Å²) >= 11 is 0. The minimum Gasteiger partial charge on any atom is -0.299 e. The van der Waals surface area contributed by atoms with Gasteiger partial charge in [-0.05, 0) is 6.42 Å². The number of rotatable bonds is 5. The Labute approximate surface area is 69.2 Å². The van der Waals surface area contributed by atoms with Gasteiger partial charge in [0.15, 0.2) is 0 Å². The smallest absolute Gasteiger partial charge is 0.136 e. The van der Waals surface area contributed by atoms with Crippen LogP contribution in [0.3, 0.4) is 0 Å². The molecule has 0 aromatic heterocycles. The van der Waals surface area contributed by atoms with Gasteiger partial charge in [0.25, 0.3) is 0 Å². The van der Waals surface area contributed by atoms with Gasteiger partial charge in [-0.25, -0.2) is 0 Å². The maximum atomic E-state index is 11.2. The molecule has 0 aromatic carbocycles. The van der Waals surface area contributed by atoms with Gasteiger partial charge in [0.05, 0.1) is 0 Å². The third-order valence-corrected chi connectivity index (χ3v) is 1.75. The normalized spacial score (nSPS) is 12.1. The molecular weight excluding hydrogens is 136 g/mol. The number of hydrogen-bond acceptors (Lipinski definition) is 1. The van der Waals surface area contributed by atoms with Crippen LogP contribution >= 0.6 is 0 Å². The highest BCUT2D eigenvalue weighted by Gasteiger charge is 2.09. The van der Waals surface area contributed by atoms with E-state index in [1.807, 2.05) is 6.92 Å². The van der Waals surface area contributed by atoms with Crippen LogP contribution in [0.25, 0.3) is 0 Å². The Morgan fingerprint density at radius 2 is 2.27 bits per heavy atom. The first kappa shape index (κ1) is 10.2. The van der Waals surface area contributed by atoms with E-state index in [1.54, 1.807) is 0 Å². The van der Waals surface area contributed by atoms with E-state index in [2.05, 4.69) is 12.8 Å². The maximum Gasteiger partial charge on any atom is 0.136 e. The molecule has 0 aliphatic rings. The van der Waals surface area contributed by atoms with Gasteiger partial charge < -0.3 is 0 Å². The standard InChI is InChI=1S/C10H16O/c1-4-6-8-10(11)9(3)7-5-2/h2,9H,4,6-8H2,1,3H3. The summed E-state index contributed by atoms with van der Waals surface area (Å²) in [5, 5.41) is 0. The van der Waals surface area contributed by atoms with Crippen LogP contribution in [0, 0.1) is 18.3 Å². The van der Waals surface area contributed by atoms with E-state index in [1.165, 1.54) is 0 Å². The molecule has 0 amide bonds. The monoisotopic (exact) mass is 152 g/mol. The van der Waals surface area contributed by atoms with Gasteiger partial charge in [-0.3, -0.25) is 4.79 Å². The van der Waals surface area contributed by atoms with Crippen molar-refractivity contribution >= 4 is 5.78 Å². The predicted molar refractivity (Wildman–Crippen MR) is 47.1 cm³/mol. The molecule has 1 heteroatoms. The van der Waals surface area contributed by atoms with Gasteiger partial charge >= 0.3 is 0 Å². The molecule has 0 heterocycles. The van der Waals surface area contributed by atoms with Gasteiger partial charge in [-0.1, -0.05) is 20.3 Å². The quantitative estimate of drug-likeness (QED) is 0.553. The molecule has 0 saturated carbocycles. The first-order chi connectivity index (χ1) is 5.22. The molecule has 0 spiro atoms. The van der Waals surface area contributed by atoms with Crippen molar-refractivity contribution in [2.24, 2.45) is 5.92 Å². The molecule has 1 nitrogen and oxygen atoms in total. The molecule has 0 N–H and O–H groups in total. The molecule has 0 saturated heterocycles. The molecule has 0 aliphatic heterocycles. The lowest BCUT2D eigenvalue weighted by Crippen LogP contribution is -2.09. The van der Waals surface area contributed by atoms with E-state index in [0.29, 0.717) is 18.6 Å². The lowest BCUT2D eigenvalue weighted by Gasteiger charge is -2.04. The average molecular weight is 152 g/mol. The molecule has 11 heavy (non-hydrogen) atoms. The van der Waals surface area contributed by atoms with Crippen molar-refractivity contribution in [2.45, 2.75) is 39.5 Å². The number of terminal acetylenes is 1. The molecule has 62 valence electrons. The second-order valence-electron chi connectivity index (χ2n) is 2.88. The Hall–Kier alpha value is -0.770. The zero-order valence-corrected chi connectivity index (χ0v) is 7.39. The van der Waals surface area contributed by atoms with Gasteiger partial charge in [-0.15, -0.1) is 12.3 Å². The Bertz CT molecular complexity index is 153. The second-order valence-corrected chi connectivity index (χ2v) is 2.88. The second kappa shape index (κ2) is 5.97. The first-order valence-electron chi connectivity index (χ1n) is 4.18. The molecule has 0 bridgehead atoms. The number of ketones is 1. The predicted octanol–water partition coefficient (Wildman–Crippen LogP) is 2.41. The Balaban J connectivity index is 3.57. The minimum atomic E-state index is 0.0616. The van der Waals surface area contributed by atoms with Crippen LogP contribution in [0.5, 0.6) is 0 Å². The van der Waals surface area contributed by atoms with Crippen LogP contribution < -0.4 is 0 Å². The Morgan fingerprint density at radius 3 is 2.73 bits per heavy atom. The maximum absolute atomic E-state index is 11.2. The topological polar surface area (TPSA) is 17.1 Å². The highest BCUT2D eigenvalue weighted by molar-refractivity contribution is 5.80. The van der Waals surface area contributed by atoms with Gasteiger partial charge in [0.1, 0.15) is 5.78 Å². The summed E-state index contributed by atoms with van der Waals surface area (Å²) in [6.45, 7) is 3.98. The summed E-state index contributed by atoms with van der Waals surface area (Å²) in [5.41, 5.74) is 0. The molecule has 0 radical (unpaired) electrons. The number of hydrogen-bond donors (Lipinski definition) is 0. The van der Waals surface area contributed by atoms with Gasteiger partial charge in [0, 0.05) is 18.8 Å². The summed E-state index contributed by atoms with van der Waals surface area (Å²) < 4.78 is 0. The third-order valence-electron chi connectivity index (χ3n) is 1.75. The van der Waals surface area contributed by atoms with Crippen molar-refractivity contribution in [1.82, 2.24) is 0 Å². The summed E-state index contributed by atoms with van der Waals surface area (Å²) in [5.74, 6) is 2.88.